The van der Waals surface area contributed by atoms with E-state index in [2.05, 4.69) is 23.3 Å². The van der Waals surface area contributed by atoms with Crippen molar-refractivity contribution >= 4 is 28.3 Å². The first-order chi connectivity index (χ1) is 14.6. The lowest BCUT2D eigenvalue weighted by Gasteiger charge is -2.06. The van der Waals surface area contributed by atoms with E-state index in [0.717, 1.165) is 29.8 Å². The number of nitrogens with one attached hydrogen (secondary N) is 1. The molecule has 0 bridgehead atoms. The monoisotopic (exact) mass is 420 g/mol. The molecule has 0 unspecified atom stereocenters. The summed E-state index contributed by atoms with van der Waals surface area (Å²) in [4.78, 5) is 14.8. The number of aromatic nitrogens is 1. The maximum Gasteiger partial charge on any atom is 0.269 e. The van der Waals surface area contributed by atoms with Gasteiger partial charge in [0.2, 0.25) is 0 Å². The molecule has 2 aromatic carbocycles. The molecule has 0 amide bonds. The van der Waals surface area contributed by atoms with Gasteiger partial charge in [-0.1, -0.05) is 13.3 Å². The summed E-state index contributed by atoms with van der Waals surface area (Å²) >= 11 is 1.34. The number of nitriles is 1. The van der Waals surface area contributed by atoms with Crippen LogP contribution in [0.4, 0.5) is 11.4 Å². The lowest BCUT2D eigenvalue weighted by molar-refractivity contribution is -0.384. The molecule has 3 aromatic rings. The Hall–Kier alpha value is -3.70. The number of nitro groups is 1. The van der Waals surface area contributed by atoms with Crippen LogP contribution < -0.4 is 10.1 Å². The van der Waals surface area contributed by atoms with Crippen molar-refractivity contribution in [1.82, 2.24) is 4.98 Å². The quantitative estimate of drug-likeness (QED) is 0.201. The second-order valence-corrected chi connectivity index (χ2v) is 7.24. The summed E-state index contributed by atoms with van der Waals surface area (Å²) in [5.41, 5.74) is 2.68. The van der Waals surface area contributed by atoms with Gasteiger partial charge < -0.3 is 10.1 Å². The van der Waals surface area contributed by atoms with E-state index in [4.69, 9.17) is 4.74 Å². The van der Waals surface area contributed by atoms with Crippen LogP contribution in [0, 0.1) is 21.4 Å². The summed E-state index contributed by atoms with van der Waals surface area (Å²) in [7, 11) is 0. The molecule has 3 rings (SSSR count). The van der Waals surface area contributed by atoms with Crippen LogP contribution in [0.5, 0.6) is 5.75 Å². The molecule has 0 spiro atoms. The summed E-state index contributed by atoms with van der Waals surface area (Å²) in [6.45, 7) is 2.82. The molecule has 0 saturated carbocycles. The summed E-state index contributed by atoms with van der Waals surface area (Å²) in [5.74, 6) is 0.811. The predicted molar refractivity (Wildman–Crippen MR) is 118 cm³/mol. The van der Waals surface area contributed by atoms with Crippen molar-refractivity contribution in [2.45, 2.75) is 19.8 Å². The maximum atomic E-state index is 10.8. The van der Waals surface area contributed by atoms with Crippen molar-refractivity contribution in [2.75, 3.05) is 11.9 Å². The number of ether oxygens (including phenoxy) is 1. The molecule has 0 fully saturated rings. The minimum atomic E-state index is -0.442. The summed E-state index contributed by atoms with van der Waals surface area (Å²) < 4.78 is 5.64. The number of anilines is 1. The highest BCUT2D eigenvalue weighted by molar-refractivity contribution is 7.11. The van der Waals surface area contributed by atoms with Gasteiger partial charge in [0.1, 0.15) is 22.4 Å². The summed E-state index contributed by atoms with van der Waals surface area (Å²) in [6.07, 6.45) is 3.72. The van der Waals surface area contributed by atoms with Gasteiger partial charge in [0.15, 0.2) is 0 Å². The van der Waals surface area contributed by atoms with E-state index in [-0.39, 0.29) is 5.69 Å². The second-order valence-electron chi connectivity index (χ2n) is 6.38. The number of benzene rings is 2. The van der Waals surface area contributed by atoms with E-state index in [0.29, 0.717) is 22.9 Å². The van der Waals surface area contributed by atoms with Gasteiger partial charge in [-0.2, -0.15) is 5.26 Å². The zero-order chi connectivity index (χ0) is 21.3. The molecule has 0 atom stereocenters. The molecule has 8 heteroatoms. The van der Waals surface area contributed by atoms with Gasteiger partial charge in [-0.05, 0) is 42.8 Å². The second kappa shape index (κ2) is 10.2. The molecule has 1 heterocycles. The molecule has 0 aliphatic rings. The number of rotatable bonds is 9. The zero-order valence-electron chi connectivity index (χ0n) is 16.4. The van der Waals surface area contributed by atoms with Crippen LogP contribution in [0.2, 0.25) is 0 Å². The smallest absolute Gasteiger partial charge is 0.269 e. The highest BCUT2D eigenvalue weighted by atomic mass is 32.1. The van der Waals surface area contributed by atoms with Crippen LogP contribution >= 0.6 is 11.3 Å². The van der Waals surface area contributed by atoms with Gasteiger partial charge in [-0.15, -0.1) is 11.3 Å². The number of nitrogens with zero attached hydrogens (tertiary/aromatic N) is 3. The van der Waals surface area contributed by atoms with Crippen molar-refractivity contribution in [3.05, 3.63) is 75.2 Å². The van der Waals surface area contributed by atoms with Crippen LogP contribution in [-0.2, 0) is 0 Å². The fourth-order valence-electron chi connectivity index (χ4n) is 2.56. The summed E-state index contributed by atoms with van der Waals surface area (Å²) in [5, 5.41) is 25.8. The van der Waals surface area contributed by atoms with E-state index in [1.807, 2.05) is 29.6 Å². The Morgan fingerprint density at radius 1 is 1.27 bits per heavy atom. The number of thiazole rings is 1. The minimum Gasteiger partial charge on any atom is -0.494 e. The average Bonchev–Trinajstić information content (AvgIpc) is 3.25. The first-order valence-corrected chi connectivity index (χ1v) is 10.3. The maximum absolute atomic E-state index is 10.8. The molecule has 1 aromatic heterocycles. The number of non-ortho nitro benzene ring substituents is 1. The Balaban J connectivity index is 1.68. The Kier molecular flexibility index (Phi) is 7.14. The Labute approximate surface area is 178 Å². The van der Waals surface area contributed by atoms with Crippen molar-refractivity contribution in [3.63, 3.8) is 0 Å². The van der Waals surface area contributed by atoms with Gasteiger partial charge in [0.25, 0.3) is 5.69 Å². The van der Waals surface area contributed by atoms with Crippen molar-refractivity contribution in [1.29, 1.82) is 5.26 Å². The standard InChI is InChI=1S/C22H20N4O3S/c1-2-3-12-29-20-10-6-18(7-11-20)24-14-17(13-23)22-25-21(15-30-22)16-4-8-19(9-5-16)26(27)28/h4-11,14-15,24H,2-3,12H2,1H3. The lowest BCUT2D eigenvalue weighted by atomic mass is 10.1. The van der Waals surface area contributed by atoms with E-state index < -0.39 is 4.92 Å². The van der Waals surface area contributed by atoms with Gasteiger partial charge in [0, 0.05) is 35.0 Å². The molecule has 0 radical (unpaired) electrons. The van der Waals surface area contributed by atoms with Crippen molar-refractivity contribution in [3.8, 4) is 23.1 Å². The van der Waals surface area contributed by atoms with Crippen LogP contribution in [0.15, 0.2) is 60.1 Å². The lowest BCUT2D eigenvalue weighted by Crippen LogP contribution is -1.96. The zero-order valence-corrected chi connectivity index (χ0v) is 17.2. The van der Waals surface area contributed by atoms with Crippen LogP contribution in [0.25, 0.3) is 16.8 Å². The molecule has 7 nitrogen and oxygen atoms in total. The molecule has 0 saturated heterocycles. The van der Waals surface area contributed by atoms with Crippen molar-refractivity contribution in [2.24, 2.45) is 0 Å². The third-order valence-corrected chi connectivity index (χ3v) is 5.11. The molecule has 30 heavy (non-hydrogen) atoms. The fraction of sp³-hybridized carbons (Fsp3) is 0.182. The highest BCUT2D eigenvalue weighted by Crippen LogP contribution is 2.27. The predicted octanol–water partition coefficient (Wildman–Crippen LogP) is 5.87. The average molecular weight is 420 g/mol. The van der Waals surface area contributed by atoms with Gasteiger partial charge in [0.05, 0.1) is 17.2 Å². The molecule has 152 valence electrons. The molecule has 0 aliphatic heterocycles. The summed E-state index contributed by atoms with van der Waals surface area (Å²) in [6, 6.07) is 15.9. The highest BCUT2D eigenvalue weighted by Gasteiger charge is 2.11. The van der Waals surface area contributed by atoms with Crippen molar-refractivity contribution < 1.29 is 9.66 Å². The number of allylic oxidation sites excluding steroid dienone is 1. The topological polar surface area (TPSA) is 101 Å². The van der Waals surface area contributed by atoms with Crippen LogP contribution in [0.1, 0.15) is 24.8 Å². The Morgan fingerprint density at radius 2 is 2.00 bits per heavy atom. The number of hydrogen-bond donors (Lipinski definition) is 1. The molecular weight excluding hydrogens is 400 g/mol. The molecule has 0 aliphatic carbocycles. The largest absolute Gasteiger partial charge is 0.494 e. The van der Waals surface area contributed by atoms with E-state index in [1.165, 1.54) is 23.5 Å². The first kappa shape index (κ1) is 21.0. The Morgan fingerprint density at radius 3 is 2.63 bits per heavy atom. The third-order valence-electron chi connectivity index (χ3n) is 4.23. The third kappa shape index (κ3) is 5.43. The number of hydrogen-bond acceptors (Lipinski definition) is 7. The molecular formula is C22H20N4O3S. The van der Waals surface area contributed by atoms with Gasteiger partial charge in [-0.25, -0.2) is 4.98 Å². The van der Waals surface area contributed by atoms with E-state index in [1.54, 1.807) is 18.3 Å². The van der Waals surface area contributed by atoms with Gasteiger partial charge >= 0.3 is 0 Å². The van der Waals surface area contributed by atoms with Crippen LogP contribution in [0.3, 0.4) is 0 Å². The fourth-order valence-corrected chi connectivity index (χ4v) is 3.36. The van der Waals surface area contributed by atoms with Crippen LogP contribution in [-0.4, -0.2) is 16.5 Å². The Bertz CT molecular complexity index is 1070. The SMILES string of the molecule is CCCCOc1ccc(NC=C(C#N)c2nc(-c3ccc([N+](=O)[O-])cc3)cs2)cc1. The van der Waals surface area contributed by atoms with E-state index in [9.17, 15) is 15.4 Å². The number of unbranched alkanes of at least 4 members (excludes halogenated alkanes) is 1. The normalized spacial score (nSPS) is 11.0. The van der Waals surface area contributed by atoms with Gasteiger partial charge in [-0.3, -0.25) is 10.1 Å². The van der Waals surface area contributed by atoms with E-state index >= 15 is 0 Å². The number of nitro benzene ring substituents is 1. The first-order valence-electron chi connectivity index (χ1n) is 9.41. The molecule has 1 N–H and O–H groups in total. The minimum absolute atomic E-state index is 0.0257.